The van der Waals surface area contributed by atoms with E-state index in [0.29, 0.717) is 36.3 Å². The number of carbonyl (C=O) groups excluding carboxylic acids is 2. The molecule has 2 amide bonds. The highest BCUT2D eigenvalue weighted by atomic mass is 16.2. The largest absolute Gasteiger partial charge is 0.349 e. The quantitative estimate of drug-likeness (QED) is 0.714. The number of hydrogen-bond donors (Lipinski definition) is 3. The van der Waals surface area contributed by atoms with Gasteiger partial charge in [-0.05, 0) is 43.9 Å². The Morgan fingerprint density at radius 2 is 1.86 bits per heavy atom. The van der Waals surface area contributed by atoms with Crippen molar-refractivity contribution in [3.8, 4) is 0 Å². The summed E-state index contributed by atoms with van der Waals surface area (Å²) < 4.78 is 0. The molecule has 0 aliphatic heterocycles. The molecule has 21 heavy (non-hydrogen) atoms. The summed E-state index contributed by atoms with van der Waals surface area (Å²) in [4.78, 5) is 23.8. The molecule has 0 saturated heterocycles. The molecule has 2 aliphatic rings. The molecule has 2 aliphatic carbocycles. The van der Waals surface area contributed by atoms with E-state index in [4.69, 9.17) is 0 Å². The van der Waals surface area contributed by atoms with E-state index in [0.717, 1.165) is 12.8 Å². The van der Waals surface area contributed by atoms with Gasteiger partial charge in [-0.25, -0.2) is 0 Å². The van der Waals surface area contributed by atoms with Gasteiger partial charge in [-0.3, -0.25) is 9.59 Å². The van der Waals surface area contributed by atoms with Crippen LogP contribution in [0, 0.1) is 0 Å². The van der Waals surface area contributed by atoms with Gasteiger partial charge in [0.25, 0.3) is 5.91 Å². The predicted octanol–water partition coefficient (Wildman–Crippen LogP) is 1.66. The summed E-state index contributed by atoms with van der Waals surface area (Å²) in [6, 6.07) is 8.04. The monoisotopic (exact) mass is 287 g/mol. The topological polar surface area (TPSA) is 70.2 Å². The molecule has 0 bridgehead atoms. The van der Waals surface area contributed by atoms with Crippen molar-refractivity contribution < 1.29 is 9.59 Å². The Hall–Kier alpha value is -1.88. The van der Waals surface area contributed by atoms with Gasteiger partial charge >= 0.3 is 0 Å². The lowest BCUT2D eigenvalue weighted by Crippen LogP contribution is -2.25. The van der Waals surface area contributed by atoms with Crippen LogP contribution in [-0.2, 0) is 4.79 Å². The average Bonchev–Trinajstić information content (AvgIpc) is 3.34. The lowest BCUT2D eigenvalue weighted by Gasteiger charge is -2.08. The summed E-state index contributed by atoms with van der Waals surface area (Å²) in [5.74, 6) is -0.0908. The molecule has 1 aromatic carbocycles. The molecule has 0 heterocycles. The molecule has 0 aromatic heterocycles. The van der Waals surface area contributed by atoms with Crippen molar-refractivity contribution in [1.29, 1.82) is 0 Å². The first-order valence-corrected chi connectivity index (χ1v) is 7.65. The van der Waals surface area contributed by atoms with Crippen LogP contribution in [0.15, 0.2) is 24.3 Å². The summed E-state index contributed by atoms with van der Waals surface area (Å²) in [6.07, 6.45) is 5.03. The standard InChI is InChI=1S/C16H21N3O2/c20-15(8-9-17-12-4-5-12)18-14-3-1-2-11(10-14)16(21)19-13-6-7-13/h1-3,10,12-13,17H,4-9H2,(H,18,20)(H,19,21). The molecule has 112 valence electrons. The van der Waals surface area contributed by atoms with Gasteiger partial charge in [0.15, 0.2) is 0 Å². The number of nitrogens with one attached hydrogen (secondary N) is 3. The summed E-state index contributed by atoms with van der Waals surface area (Å²) in [5, 5.41) is 9.09. The summed E-state index contributed by atoms with van der Waals surface area (Å²) in [6.45, 7) is 0.707. The molecule has 0 atom stereocenters. The Bertz CT molecular complexity index is 536. The first kappa shape index (κ1) is 14.1. The van der Waals surface area contributed by atoms with Gasteiger partial charge in [0.1, 0.15) is 0 Å². The second-order valence-corrected chi connectivity index (χ2v) is 5.86. The summed E-state index contributed by atoms with van der Waals surface area (Å²) in [5.41, 5.74) is 1.27. The average molecular weight is 287 g/mol. The minimum absolute atomic E-state index is 0.0251. The van der Waals surface area contributed by atoms with Crippen molar-refractivity contribution >= 4 is 17.5 Å². The molecule has 0 unspecified atom stereocenters. The fraction of sp³-hybridized carbons (Fsp3) is 0.500. The van der Waals surface area contributed by atoms with Crippen molar-refractivity contribution in [2.75, 3.05) is 11.9 Å². The first-order valence-electron chi connectivity index (χ1n) is 7.65. The molecule has 2 fully saturated rings. The van der Waals surface area contributed by atoms with Crippen molar-refractivity contribution in [3.63, 3.8) is 0 Å². The van der Waals surface area contributed by atoms with E-state index in [2.05, 4.69) is 16.0 Å². The third-order valence-electron chi connectivity index (χ3n) is 3.68. The smallest absolute Gasteiger partial charge is 0.251 e. The van der Waals surface area contributed by atoms with E-state index >= 15 is 0 Å². The number of rotatable bonds is 7. The molecule has 1 aromatic rings. The molecule has 2 saturated carbocycles. The van der Waals surface area contributed by atoms with Gasteiger partial charge in [-0.15, -0.1) is 0 Å². The maximum Gasteiger partial charge on any atom is 0.251 e. The number of benzene rings is 1. The van der Waals surface area contributed by atoms with E-state index in [-0.39, 0.29) is 11.8 Å². The number of hydrogen-bond acceptors (Lipinski definition) is 3. The van der Waals surface area contributed by atoms with E-state index in [1.54, 1.807) is 24.3 Å². The van der Waals surface area contributed by atoms with Crippen LogP contribution >= 0.6 is 0 Å². The molecule has 5 heteroatoms. The highest BCUT2D eigenvalue weighted by Gasteiger charge is 2.24. The molecular formula is C16H21N3O2. The third-order valence-corrected chi connectivity index (χ3v) is 3.68. The van der Waals surface area contributed by atoms with Gasteiger partial charge in [-0.1, -0.05) is 6.07 Å². The number of carbonyl (C=O) groups is 2. The molecule has 0 spiro atoms. The number of anilines is 1. The van der Waals surface area contributed by atoms with Crippen molar-refractivity contribution in [3.05, 3.63) is 29.8 Å². The van der Waals surface area contributed by atoms with E-state index < -0.39 is 0 Å². The second kappa shape index (κ2) is 6.26. The van der Waals surface area contributed by atoms with Gasteiger partial charge in [0, 0.05) is 36.3 Å². The van der Waals surface area contributed by atoms with E-state index in [1.165, 1.54) is 12.8 Å². The Balaban J connectivity index is 1.49. The Labute approximate surface area is 124 Å². The number of amides is 2. The maximum atomic E-state index is 12.0. The zero-order valence-corrected chi connectivity index (χ0v) is 12.0. The molecular weight excluding hydrogens is 266 g/mol. The molecule has 3 N–H and O–H groups in total. The molecule has 3 rings (SSSR count). The highest BCUT2D eigenvalue weighted by molar-refractivity contribution is 5.97. The Kier molecular flexibility index (Phi) is 4.20. The van der Waals surface area contributed by atoms with Gasteiger partial charge < -0.3 is 16.0 Å². The Morgan fingerprint density at radius 3 is 2.57 bits per heavy atom. The SMILES string of the molecule is O=C(CCNC1CC1)Nc1cccc(C(=O)NC2CC2)c1. The maximum absolute atomic E-state index is 12.0. The first-order chi connectivity index (χ1) is 10.2. The van der Waals surface area contributed by atoms with Gasteiger partial charge in [-0.2, -0.15) is 0 Å². The minimum Gasteiger partial charge on any atom is -0.349 e. The molecule has 5 nitrogen and oxygen atoms in total. The minimum atomic E-state index is -0.0657. The zero-order chi connectivity index (χ0) is 14.7. The fourth-order valence-corrected chi connectivity index (χ4v) is 2.14. The van der Waals surface area contributed by atoms with Crippen molar-refractivity contribution in [2.24, 2.45) is 0 Å². The van der Waals surface area contributed by atoms with Crippen molar-refractivity contribution in [2.45, 2.75) is 44.2 Å². The van der Waals surface area contributed by atoms with Crippen LogP contribution in [0.25, 0.3) is 0 Å². The van der Waals surface area contributed by atoms with Crippen LogP contribution in [0.5, 0.6) is 0 Å². The lowest BCUT2D eigenvalue weighted by atomic mass is 10.2. The Morgan fingerprint density at radius 1 is 1.10 bits per heavy atom. The van der Waals surface area contributed by atoms with Crippen molar-refractivity contribution in [1.82, 2.24) is 10.6 Å². The summed E-state index contributed by atoms with van der Waals surface area (Å²) >= 11 is 0. The highest BCUT2D eigenvalue weighted by Crippen LogP contribution is 2.20. The van der Waals surface area contributed by atoms with E-state index in [9.17, 15) is 9.59 Å². The lowest BCUT2D eigenvalue weighted by molar-refractivity contribution is -0.116. The van der Waals surface area contributed by atoms with Crippen LogP contribution in [0.1, 0.15) is 42.5 Å². The fourth-order valence-electron chi connectivity index (χ4n) is 2.14. The van der Waals surface area contributed by atoms with Crippen LogP contribution in [-0.4, -0.2) is 30.4 Å². The van der Waals surface area contributed by atoms with Crippen LogP contribution in [0.4, 0.5) is 5.69 Å². The van der Waals surface area contributed by atoms with Gasteiger partial charge in [0.2, 0.25) is 5.91 Å². The predicted molar refractivity (Wildman–Crippen MR) is 81.2 cm³/mol. The zero-order valence-electron chi connectivity index (χ0n) is 12.0. The third kappa shape index (κ3) is 4.56. The van der Waals surface area contributed by atoms with E-state index in [1.807, 2.05) is 0 Å². The second-order valence-electron chi connectivity index (χ2n) is 5.86. The summed E-state index contributed by atoms with van der Waals surface area (Å²) in [7, 11) is 0. The van der Waals surface area contributed by atoms with Gasteiger partial charge in [0.05, 0.1) is 0 Å². The normalized spacial score (nSPS) is 17.3. The van der Waals surface area contributed by atoms with Crippen LogP contribution in [0.3, 0.4) is 0 Å². The van der Waals surface area contributed by atoms with Crippen LogP contribution in [0.2, 0.25) is 0 Å². The molecule has 0 radical (unpaired) electrons. The van der Waals surface area contributed by atoms with Crippen LogP contribution < -0.4 is 16.0 Å².